The van der Waals surface area contributed by atoms with Gasteiger partial charge in [-0.2, -0.15) is 0 Å². The van der Waals surface area contributed by atoms with Crippen LogP contribution in [0.2, 0.25) is 0 Å². The lowest BCUT2D eigenvalue weighted by molar-refractivity contribution is 0.0899. The van der Waals surface area contributed by atoms with Gasteiger partial charge in [-0.3, -0.25) is 4.90 Å². The molecule has 3 heteroatoms. The molecule has 1 saturated heterocycles. The molecule has 1 aliphatic heterocycles. The van der Waals surface area contributed by atoms with Crippen LogP contribution >= 0.6 is 12.4 Å². The summed E-state index contributed by atoms with van der Waals surface area (Å²) in [6.07, 6.45) is 1.10. The molecule has 0 bridgehead atoms. The first-order valence-corrected chi connectivity index (χ1v) is 7.50. The van der Waals surface area contributed by atoms with Crippen LogP contribution in [0.4, 0.5) is 0 Å². The van der Waals surface area contributed by atoms with E-state index in [1.807, 2.05) is 0 Å². The monoisotopic (exact) mass is 304 g/mol. The van der Waals surface area contributed by atoms with Crippen molar-refractivity contribution in [3.8, 4) is 0 Å². The molecule has 2 nitrogen and oxygen atoms in total. The molecule has 2 aromatic rings. The van der Waals surface area contributed by atoms with E-state index in [0.29, 0.717) is 6.04 Å². The quantitative estimate of drug-likeness (QED) is 0.914. The molecule has 1 atom stereocenters. The van der Waals surface area contributed by atoms with Crippen molar-refractivity contribution in [3.63, 3.8) is 0 Å². The molecule has 1 fully saturated rings. The number of nitrogens with two attached hydrogens (primary N) is 1. The second-order valence-electron chi connectivity index (χ2n) is 6.78. The van der Waals surface area contributed by atoms with E-state index in [1.165, 1.54) is 16.3 Å². The van der Waals surface area contributed by atoms with Crippen molar-refractivity contribution in [3.05, 3.63) is 48.0 Å². The van der Waals surface area contributed by atoms with Crippen LogP contribution in [0.3, 0.4) is 0 Å². The van der Waals surface area contributed by atoms with Crippen LogP contribution in [-0.2, 0) is 6.54 Å². The number of rotatable bonds is 2. The Morgan fingerprint density at radius 2 is 1.86 bits per heavy atom. The van der Waals surface area contributed by atoms with Gasteiger partial charge < -0.3 is 5.73 Å². The Bertz CT molecular complexity index is 609. The number of piperidine rings is 1. The van der Waals surface area contributed by atoms with Crippen LogP contribution in [0.25, 0.3) is 10.8 Å². The number of halogens is 1. The van der Waals surface area contributed by atoms with E-state index in [9.17, 15) is 0 Å². The van der Waals surface area contributed by atoms with Gasteiger partial charge in [-0.15, -0.1) is 12.4 Å². The van der Waals surface area contributed by atoms with Crippen molar-refractivity contribution >= 4 is 23.2 Å². The predicted octanol–water partition coefficient (Wildman–Crippen LogP) is 3.82. The highest BCUT2D eigenvalue weighted by molar-refractivity contribution is 5.85. The Balaban J connectivity index is 0.00000161. The van der Waals surface area contributed by atoms with E-state index in [1.54, 1.807) is 0 Å². The topological polar surface area (TPSA) is 29.3 Å². The fourth-order valence-electron chi connectivity index (χ4n) is 3.22. The molecule has 0 radical (unpaired) electrons. The van der Waals surface area contributed by atoms with E-state index < -0.39 is 0 Å². The molecule has 0 spiro atoms. The Morgan fingerprint density at radius 1 is 1.14 bits per heavy atom. The van der Waals surface area contributed by atoms with Crippen LogP contribution in [-0.4, -0.2) is 24.0 Å². The molecule has 2 N–H and O–H groups in total. The van der Waals surface area contributed by atoms with Gasteiger partial charge in [0.1, 0.15) is 0 Å². The minimum absolute atomic E-state index is 0. The molecule has 0 aromatic heterocycles. The number of hydrogen-bond donors (Lipinski definition) is 1. The third-order valence-electron chi connectivity index (χ3n) is 4.61. The van der Waals surface area contributed by atoms with Gasteiger partial charge in [-0.25, -0.2) is 0 Å². The van der Waals surface area contributed by atoms with Crippen molar-refractivity contribution in [2.75, 3.05) is 13.1 Å². The molecule has 0 amide bonds. The summed E-state index contributed by atoms with van der Waals surface area (Å²) in [6.45, 7) is 7.79. The summed E-state index contributed by atoms with van der Waals surface area (Å²) < 4.78 is 0. The van der Waals surface area contributed by atoms with Crippen molar-refractivity contribution in [1.82, 2.24) is 4.90 Å². The average molecular weight is 305 g/mol. The van der Waals surface area contributed by atoms with Crippen molar-refractivity contribution in [2.45, 2.75) is 32.9 Å². The van der Waals surface area contributed by atoms with Gasteiger partial charge in [0.25, 0.3) is 0 Å². The van der Waals surface area contributed by atoms with Gasteiger partial charge in [0, 0.05) is 25.7 Å². The van der Waals surface area contributed by atoms with Crippen molar-refractivity contribution in [1.29, 1.82) is 0 Å². The van der Waals surface area contributed by atoms with Crippen LogP contribution in [0.1, 0.15) is 25.8 Å². The zero-order chi connectivity index (χ0) is 14.2. The first-order valence-electron chi connectivity index (χ1n) is 7.50. The second kappa shape index (κ2) is 6.35. The molecular weight excluding hydrogens is 280 g/mol. The first kappa shape index (κ1) is 16.3. The molecular formula is C18H25ClN2. The number of fused-ring (bicyclic) bond motifs is 1. The Morgan fingerprint density at radius 3 is 2.57 bits per heavy atom. The maximum Gasteiger partial charge on any atom is 0.0234 e. The zero-order valence-electron chi connectivity index (χ0n) is 12.9. The van der Waals surface area contributed by atoms with Gasteiger partial charge in [-0.1, -0.05) is 50.2 Å². The highest BCUT2D eigenvalue weighted by atomic mass is 35.5. The molecule has 3 rings (SSSR count). The van der Waals surface area contributed by atoms with Crippen LogP contribution in [0.5, 0.6) is 0 Å². The fourth-order valence-corrected chi connectivity index (χ4v) is 3.22. The summed E-state index contributed by atoms with van der Waals surface area (Å²) in [5.74, 6) is 0. The maximum atomic E-state index is 6.22. The molecule has 1 aliphatic rings. The number of benzene rings is 2. The lowest BCUT2D eigenvalue weighted by atomic mass is 9.79. The SMILES string of the molecule is CC1(C)CN(Cc2ccc3ccccc3c2)CCC1N.Cl. The van der Waals surface area contributed by atoms with Gasteiger partial charge in [0.05, 0.1) is 0 Å². The van der Waals surface area contributed by atoms with Crippen molar-refractivity contribution in [2.24, 2.45) is 11.1 Å². The summed E-state index contributed by atoms with van der Waals surface area (Å²) in [5, 5.41) is 2.65. The summed E-state index contributed by atoms with van der Waals surface area (Å²) in [4.78, 5) is 2.54. The Labute approximate surface area is 133 Å². The summed E-state index contributed by atoms with van der Waals surface area (Å²) >= 11 is 0. The van der Waals surface area contributed by atoms with Crippen LogP contribution in [0, 0.1) is 5.41 Å². The predicted molar refractivity (Wildman–Crippen MR) is 92.8 cm³/mol. The summed E-state index contributed by atoms with van der Waals surface area (Å²) in [6, 6.07) is 15.7. The van der Waals surface area contributed by atoms with Crippen LogP contribution in [0.15, 0.2) is 42.5 Å². The molecule has 1 heterocycles. The first-order chi connectivity index (χ1) is 9.54. The third kappa shape index (κ3) is 3.57. The maximum absolute atomic E-state index is 6.22. The zero-order valence-corrected chi connectivity index (χ0v) is 13.7. The summed E-state index contributed by atoms with van der Waals surface area (Å²) in [5.41, 5.74) is 7.83. The molecule has 2 aromatic carbocycles. The Hall–Kier alpha value is -1.09. The molecule has 114 valence electrons. The summed E-state index contributed by atoms with van der Waals surface area (Å²) in [7, 11) is 0. The van der Waals surface area contributed by atoms with E-state index in [4.69, 9.17) is 5.73 Å². The highest BCUT2D eigenvalue weighted by Crippen LogP contribution is 2.29. The standard InChI is InChI=1S/C18H24N2.ClH/c1-18(2)13-20(10-9-17(18)19)12-14-7-8-15-5-3-4-6-16(15)11-14;/h3-8,11,17H,9-10,12-13,19H2,1-2H3;1H. The number of likely N-dealkylation sites (tertiary alicyclic amines) is 1. The number of nitrogens with zero attached hydrogens (tertiary/aromatic N) is 1. The molecule has 21 heavy (non-hydrogen) atoms. The van der Waals surface area contributed by atoms with E-state index in [0.717, 1.165) is 26.1 Å². The van der Waals surface area contributed by atoms with E-state index in [-0.39, 0.29) is 17.8 Å². The smallest absolute Gasteiger partial charge is 0.0234 e. The van der Waals surface area contributed by atoms with Crippen molar-refractivity contribution < 1.29 is 0 Å². The van der Waals surface area contributed by atoms with Gasteiger partial charge in [0.15, 0.2) is 0 Å². The molecule has 0 saturated carbocycles. The fraction of sp³-hybridized carbons (Fsp3) is 0.444. The largest absolute Gasteiger partial charge is 0.327 e. The molecule has 0 aliphatic carbocycles. The molecule has 1 unspecified atom stereocenters. The second-order valence-corrected chi connectivity index (χ2v) is 6.78. The minimum atomic E-state index is 0. The van der Waals surface area contributed by atoms with Gasteiger partial charge in [-0.05, 0) is 34.2 Å². The number of hydrogen-bond acceptors (Lipinski definition) is 2. The third-order valence-corrected chi connectivity index (χ3v) is 4.61. The highest BCUT2D eigenvalue weighted by Gasteiger charge is 2.33. The normalized spacial score (nSPS) is 22.0. The lowest BCUT2D eigenvalue weighted by Gasteiger charge is -2.42. The van der Waals surface area contributed by atoms with Gasteiger partial charge in [0.2, 0.25) is 0 Å². The Kier molecular flexibility index (Phi) is 4.92. The van der Waals surface area contributed by atoms with E-state index in [2.05, 4.69) is 61.2 Å². The van der Waals surface area contributed by atoms with Crippen LogP contribution < -0.4 is 5.73 Å². The van der Waals surface area contributed by atoms with E-state index >= 15 is 0 Å². The van der Waals surface area contributed by atoms with Gasteiger partial charge >= 0.3 is 0 Å². The minimum Gasteiger partial charge on any atom is -0.327 e. The average Bonchev–Trinajstić information content (AvgIpc) is 2.42. The lowest BCUT2D eigenvalue weighted by Crippen LogP contribution is -2.52.